The lowest BCUT2D eigenvalue weighted by Crippen LogP contribution is -2.43. The van der Waals surface area contributed by atoms with Crippen molar-refractivity contribution in [2.45, 2.75) is 51.2 Å². The van der Waals surface area contributed by atoms with E-state index in [0.717, 1.165) is 6.54 Å². The van der Waals surface area contributed by atoms with Gasteiger partial charge < -0.3 is 9.84 Å². The molecule has 1 aliphatic carbocycles. The molecule has 2 rings (SSSR count). The summed E-state index contributed by atoms with van der Waals surface area (Å²) in [6, 6.07) is 6.88. The highest BCUT2D eigenvalue weighted by Gasteiger charge is 2.22. The number of halogens is 1. The molecule has 118 valence electrons. The first-order valence-electron chi connectivity index (χ1n) is 8.00. The molecule has 1 fully saturated rings. The molecule has 1 aromatic carbocycles. The fourth-order valence-electron chi connectivity index (χ4n) is 3.05. The molecule has 1 saturated carbocycles. The zero-order chi connectivity index (χ0) is 15.1. The van der Waals surface area contributed by atoms with Crippen LogP contribution in [0.4, 0.5) is 4.39 Å². The topological polar surface area (TPSA) is 32.7 Å². The zero-order valence-electron chi connectivity index (χ0n) is 12.8. The van der Waals surface area contributed by atoms with Crippen molar-refractivity contribution in [2.75, 3.05) is 19.7 Å². The molecule has 0 heterocycles. The molecule has 3 nitrogen and oxygen atoms in total. The number of hydrogen-bond donors (Lipinski definition) is 1. The van der Waals surface area contributed by atoms with Gasteiger partial charge in [-0.1, -0.05) is 38.3 Å². The summed E-state index contributed by atoms with van der Waals surface area (Å²) >= 11 is 0. The third-order valence-electron chi connectivity index (χ3n) is 4.21. The summed E-state index contributed by atoms with van der Waals surface area (Å²) in [7, 11) is 0. The third kappa shape index (κ3) is 4.97. The molecular formula is C17H26FNO2. The number of rotatable bonds is 7. The summed E-state index contributed by atoms with van der Waals surface area (Å²) < 4.78 is 18.8. The largest absolute Gasteiger partial charge is 0.488 e. The molecule has 1 aromatic rings. The van der Waals surface area contributed by atoms with Gasteiger partial charge in [0.2, 0.25) is 0 Å². The number of ether oxygens (including phenoxy) is 1. The van der Waals surface area contributed by atoms with Crippen molar-refractivity contribution in [2.24, 2.45) is 0 Å². The Morgan fingerprint density at radius 1 is 1.29 bits per heavy atom. The van der Waals surface area contributed by atoms with Crippen molar-refractivity contribution in [3.63, 3.8) is 0 Å². The van der Waals surface area contributed by atoms with Crippen LogP contribution < -0.4 is 4.74 Å². The van der Waals surface area contributed by atoms with Crippen molar-refractivity contribution < 1.29 is 14.2 Å². The summed E-state index contributed by atoms with van der Waals surface area (Å²) in [6.07, 6.45) is 5.73. The Balaban J connectivity index is 1.79. The predicted octanol–water partition coefficient (Wildman–Crippen LogP) is 3.22. The first-order valence-corrected chi connectivity index (χ1v) is 8.00. The van der Waals surface area contributed by atoms with Crippen LogP contribution in [0, 0.1) is 5.82 Å². The summed E-state index contributed by atoms with van der Waals surface area (Å²) in [5, 5.41) is 10.1. The van der Waals surface area contributed by atoms with Crippen LogP contribution in [0.15, 0.2) is 24.3 Å². The lowest BCUT2D eigenvalue weighted by molar-refractivity contribution is 0.0454. The maximum Gasteiger partial charge on any atom is 0.165 e. The molecule has 1 atom stereocenters. The van der Waals surface area contributed by atoms with E-state index < -0.39 is 6.10 Å². The Morgan fingerprint density at radius 3 is 2.67 bits per heavy atom. The highest BCUT2D eigenvalue weighted by molar-refractivity contribution is 5.23. The van der Waals surface area contributed by atoms with Crippen molar-refractivity contribution in [3.05, 3.63) is 30.1 Å². The van der Waals surface area contributed by atoms with Gasteiger partial charge in [-0.25, -0.2) is 4.39 Å². The lowest BCUT2D eigenvalue weighted by atomic mass is 9.94. The van der Waals surface area contributed by atoms with Gasteiger partial charge in [0.15, 0.2) is 11.6 Å². The number of aliphatic hydroxyl groups excluding tert-OH is 1. The van der Waals surface area contributed by atoms with Crippen LogP contribution in [-0.4, -0.2) is 41.8 Å². The Hall–Kier alpha value is -1.13. The van der Waals surface area contributed by atoms with E-state index in [9.17, 15) is 9.50 Å². The van der Waals surface area contributed by atoms with Gasteiger partial charge in [-0.15, -0.1) is 0 Å². The van der Waals surface area contributed by atoms with Crippen molar-refractivity contribution in [1.82, 2.24) is 4.90 Å². The van der Waals surface area contributed by atoms with E-state index in [-0.39, 0.29) is 18.2 Å². The van der Waals surface area contributed by atoms with E-state index in [1.165, 1.54) is 38.2 Å². The minimum absolute atomic E-state index is 0.129. The smallest absolute Gasteiger partial charge is 0.165 e. The average Bonchev–Trinajstić information content (AvgIpc) is 2.52. The molecule has 0 amide bonds. The fourth-order valence-corrected chi connectivity index (χ4v) is 3.05. The highest BCUT2D eigenvalue weighted by atomic mass is 19.1. The van der Waals surface area contributed by atoms with Crippen LogP contribution in [0.1, 0.15) is 39.0 Å². The third-order valence-corrected chi connectivity index (χ3v) is 4.21. The molecule has 1 aliphatic rings. The van der Waals surface area contributed by atoms with Crippen LogP contribution in [0.3, 0.4) is 0 Å². The fraction of sp³-hybridized carbons (Fsp3) is 0.647. The van der Waals surface area contributed by atoms with Crippen molar-refractivity contribution in [3.8, 4) is 5.75 Å². The van der Waals surface area contributed by atoms with Crippen molar-refractivity contribution in [1.29, 1.82) is 0 Å². The molecule has 1 N–H and O–H groups in total. The van der Waals surface area contributed by atoms with Gasteiger partial charge in [-0.05, 0) is 31.5 Å². The normalized spacial score (nSPS) is 17.9. The van der Waals surface area contributed by atoms with Crippen LogP contribution >= 0.6 is 0 Å². The monoisotopic (exact) mass is 295 g/mol. The number of aliphatic hydroxyl groups is 1. The Labute approximate surface area is 126 Å². The number of para-hydroxylation sites is 1. The number of likely N-dealkylation sites (N-methyl/N-ethyl adjacent to an activating group) is 1. The Kier molecular flexibility index (Phi) is 6.46. The number of hydrogen-bond acceptors (Lipinski definition) is 3. The molecule has 4 heteroatoms. The van der Waals surface area contributed by atoms with Crippen LogP contribution in [0.25, 0.3) is 0 Å². The average molecular weight is 295 g/mol. The van der Waals surface area contributed by atoms with Gasteiger partial charge in [0.1, 0.15) is 12.7 Å². The summed E-state index contributed by atoms with van der Waals surface area (Å²) in [4.78, 5) is 2.33. The maximum atomic E-state index is 13.4. The molecule has 0 aliphatic heterocycles. The molecule has 0 radical (unpaired) electrons. The molecule has 0 saturated heterocycles. The van der Waals surface area contributed by atoms with E-state index in [1.54, 1.807) is 18.2 Å². The van der Waals surface area contributed by atoms with Crippen LogP contribution in [0.2, 0.25) is 0 Å². The summed E-state index contributed by atoms with van der Waals surface area (Å²) in [6.45, 7) is 3.78. The maximum absolute atomic E-state index is 13.4. The summed E-state index contributed by atoms with van der Waals surface area (Å²) in [5.41, 5.74) is 0. The standard InChI is InChI=1S/C17H26FNO2/c1-2-19(14-8-4-3-5-9-14)12-15(20)13-21-17-11-7-6-10-16(17)18/h6-7,10-11,14-15,20H,2-5,8-9,12-13H2,1H3/t15-/m0/s1. The minimum atomic E-state index is -0.591. The quantitative estimate of drug-likeness (QED) is 0.838. The summed E-state index contributed by atoms with van der Waals surface area (Å²) in [5.74, 6) is -0.179. The molecule has 0 spiro atoms. The highest BCUT2D eigenvalue weighted by Crippen LogP contribution is 2.22. The lowest BCUT2D eigenvalue weighted by Gasteiger charge is -2.34. The first-order chi connectivity index (χ1) is 10.2. The molecule has 0 aromatic heterocycles. The molecule has 0 bridgehead atoms. The van der Waals surface area contributed by atoms with E-state index in [1.807, 2.05) is 0 Å². The predicted molar refractivity (Wildman–Crippen MR) is 82.0 cm³/mol. The number of nitrogens with zero attached hydrogens (tertiary/aromatic N) is 1. The Bertz CT molecular complexity index is 421. The van der Waals surface area contributed by atoms with Gasteiger partial charge in [-0.3, -0.25) is 4.90 Å². The first kappa shape index (κ1) is 16.2. The molecule has 21 heavy (non-hydrogen) atoms. The van der Waals surface area contributed by atoms with Crippen LogP contribution in [0.5, 0.6) is 5.75 Å². The molecule has 0 unspecified atom stereocenters. The van der Waals surface area contributed by atoms with Gasteiger partial charge in [0, 0.05) is 12.6 Å². The Morgan fingerprint density at radius 2 is 2.00 bits per heavy atom. The van der Waals surface area contributed by atoms with Crippen molar-refractivity contribution >= 4 is 0 Å². The second-order valence-corrected chi connectivity index (χ2v) is 5.77. The van der Waals surface area contributed by atoms with E-state index in [4.69, 9.17) is 4.74 Å². The second-order valence-electron chi connectivity index (χ2n) is 5.77. The van der Waals surface area contributed by atoms with Gasteiger partial charge in [-0.2, -0.15) is 0 Å². The second kappa shape index (κ2) is 8.35. The van der Waals surface area contributed by atoms with E-state index in [2.05, 4.69) is 11.8 Å². The number of benzene rings is 1. The zero-order valence-corrected chi connectivity index (χ0v) is 12.8. The SMILES string of the molecule is CCN(C[C@H](O)COc1ccccc1F)C1CCCCC1. The van der Waals surface area contributed by atoms with E-state index >= 15 is 0 Å². The minimum Gasteiger partial charge on any atom is -0.488 e. The van der Waals surface area contributed by atoms with E-state index in [0.29, 0.717) is 12.6 Å². The molecular weight excluding hydrogens is 269 g/mol. The van der Waals surface area contributed by atoms with Crippen LogP contribution in [-0.2, 0) is 0 Å². The van der Waals surface area contributed by atoms with Gasteiger partial charge in [0.25, 0.3) is 0 Å². The van der Waals surface area contributed by atoms with Gasteiger partial charge >= 0.3 is 0 Å². The van der Waals surface area contributed by atoms with Gasteiger partial charge in [0.05, 0.1) is 0 Å².